The molecule has 1 heterocycles. The van der Waals surface area contributed by atoms with Gasteiger partial charge in [0.15, 0.2) is 0 Å². The van der Waals surface area contributed by atoms with Gasteiger partial charge in [0.2, 0.25) is 5.96 Å². The quantitative estimate of drug-likeness (QED) is 0.585. The summed E-state index contributed by atoms with van der Waals surface area (Å²) < 4.78 is 24.1. The number of anilines is 1. The lowest BCUT2D eigenvalue weighted by Gasteiger charge is -2.14. The molecule has 2 aromatic carbocycles. The van der Waals surface area contributed by atoms with E-state index in [4.69, 9.17) is 21.1 Å². The highest BCUT2D eigenvalue weighted by atomic mass is 35.5. The van der Waals surface area contributed by atoms with Crippen LogP contribution in [0.25, 0.3) is 0 Å². The monoisotopic (exact) mass is 405 g/mol. The molecule has 1 aliphatic heterocycles. The van der Waals surface area contributed by atoms with Gasteiger partial charge in [-0.15, -0.1) is 0 Å². The minimum absolute atomic E-state index is 0.0160. The molecule has 0 aromatic heterocycles. The number of aliphatic imine (C=N–C) groups is 1. The van der Waals surface area contributed by atoms with Crippen LogP contribution in [-0.2, 0) is 4.74 Å². The van der Waals surface area contributed by atoms with Gasteiger partial charge in [0.25, 0.3) is 5.91 Å². The van der Waals surface area contributed by atoms with E-state index in [9.17, 15) is 9.18 Å². The van der Waals surface area contributed by atoms with E-state index in [0.29, 0.717) is 30.2 Å². The summed E-state index contributed by atoms with van der Waals surface area (Å²) >= 11 is 5.84. The molecule has 3 rings (SSSR count). The average Bonchev–Trinajstić information content (AvgIpc) is 3.22. The Morgan fingerprint density at radius 3 is 2.93 bits per heavy atom. The second kappa shape index (κ2) is 9.52. The van der Waals surface area contributed by atoms with Crippen molar-refractivity contribution in [3.05, 3.63) is 58.9 Å². The zero-order valence-corrected chi connectivity index (χ0v) is 16.1. The van der Waals surface area contributed by atoms with Crippen molar-refractivity contribution in [1.29, 1.82) is 0 Å². The molecule has 28 heavy (non-hydrogen) atoms. The first-order valence-electron chi connectivity index (χ1n) is 8.88. The molecule has 1 amide bonds. The molecule has 0 spiro atoms. The van der Waals surface area contributed by atoms with Crippen molar-refractivity contribution in [2.75, 3.05) is 25.6 Å². The minimum atomic E-state index is -0.523. The average molecular weight is 406 g/mol. The Hall–Kier alpha value is -2.64. The largest absolute Gasteiger partial charge is 0.497 e. The number of hydrogen-bond acceptors (Lipinski definition) is 4. The number of hydrogen-bond donors (Lipinski definition) is 2. The molecular weight excluding hydrogens is 385 g/mol. The molecule has 0 saturated carbocycles. The zero-order valence-electron chi connectivity index (χ0n) is 15.4. The number of carbonyl (C=O) groups excluding carboxylic acids is 1. The van der Waals surface area contributed by atoms with Gasteiger partial charge in [-0.05, 0) is 49.2 Å². The molecular formula is C20H21ClFN3O3. The summed E-state index contributed by atoms with van der Waals surface area (Å²) in [6.07, 6.45) is 1.93. The highest BCUT2D eigenvalue weighted by molar-refractivity contribution is 6.31. The summed E-state index contributed by atoms with van der Waals surface area (Å²) in [5, 5.41) is 5.70. The Kier molecular flexibility index (Phi) is 6.84. The molecule has 1 unspecified atom stereocenters. The first kappa shape index (κ1) is 20.1. The van der Waals surface area contributed by atoms with Crippen LogP contribution in [0.1, 0.15) is 23.2 Å². The van der Waals surface area contributed by atoms with Crippen molar-refractivity contribution in [3.8, 4) is 5.75 Å². The Balaban J connectivity index is 1.76. The van der Waals surface area contributed by atoms with Gasteiger partial charge in [0.1, 0.15) is 11.6 Å². The lowest BCUT2D eigenvalue weighted by Crippen LogP contribution is -2.36. The SMILES string of the molecule is COc1cccc(C(=O)NC(=NCC2CCCO2)Nc2ccc(F)c(Cl)c2)c1. The van der Waals surface area contributed by atoms with Gasteiger partial charge >= 0.3 is 0 Å². The smallest absolute Gasteiger partial charge is 0.258 e. The summed E-state index contributed by atoms with van der Waals surface area (Å²) in [5.41, 5.74) is 0.923. The van der Waals surface area contributed by atoms with Crippen LogP contribution in [0, 0.1) is 5.82 Å². The van der Waals surface area contributed by atoms with Crippen molar-refractivity contribution in [2.45, 2.75) is 18.9 Å². The number of methoxy groups -OCH3 is 1. The fourth-order valence-electron chi connectivity index (χ4n) is 2.75. The van der Waals surface area contributed by atoms with Gasteiger partial charge in [-0.1, -0.05) is 17.7 Å². The van der Waals surface area contributed by atoms with Crippen molar-refractivity contribution >= 4 is 29.2 Å². The third-order valence-electron chi connectivity index (χ3n) is 4.22. The first-order chi connectivity index (χ1) is 13.5. The zero-order chi connectivity index (χ0) is 19.9. The summed E-state index contributed by atoms with van der Waals surface area (Å²) in [6.45, 7) is 1.11. The number of guanidine groups is 1. The van der Waals surface area contributed by atoms with Crippen LogP contribution in [-0.4, -0.2) is 38.2 Å². The lowest BCUT2D eigenvalue weighted by molar-refractivity contribution is 0.0975. The molecule has 6 nitrogen and oxygen atoms in total. The molecule has 0 radical (unpaired) electrons. The van der Waals surface area contributed by atoms with Gasteiger partial charge in [-0.2, -0.15) is 0 Å². The number of rotatable bonds is 5. The van der Waals surface area contributed by atoms with E-state index in [0.717, 1.165) is 12.8 Å². The maximum absolute atomic E-state index is 13.4. The van der Waals surface area contributed by atoms with E-state index < -0.39 is 5.82 Å². The van der Waals surface area contributed by atoms with Gasteiger partial charge in [-0.3, -0.25) is 10.1 Å². The minimum Gasteiger partial charge on any atom is -0.497 e. The van der Waals surface area contributed by atoms with Crippen LogP contribution in [0.3, 0.4) is 0 Å². The Morgan fingerprint density at radius 2 is 2.21 bits per heavy atom. The molecule has 1 saturated heterocycles. The molecule has 0 aliphatic carbocycles. The molecule has 148 valence electrons. The number of carbonyl (C=O) groups is 1. The predicted molar refractivity (Wildman–Crippen MR) is 107 cm³/mol. The van der Waals surface area contributed by atoms with Crippen LogP contribution >= 0.6 is 11.6 Å². The van der Waals surface area contributed by atoms with Crippen LogP contribution in [0.4, 0.5) is 10.1 Å². The lowest BCUT2D eigenvalue weighted by atomic mass is 10.2. The van der Waals surface area contributed by atoms with E-state index in [2.05, 4.69) is 15.6 Å². The van der Waals surface area contributed by atoms with E-state index in [1.165, 1.54) is 25.3 Å². The third kappa shape index (κ3) is 5.43. The summed E-state index contributed by atoms with van der Waals surface area (Å²) in [7, 11) is 1.53. The molecule has 1 fully saturated rings. The fraction of sp³-hybridized carbons (Fsp3) is 0.300. The Labute approximate surface area is 167 Å². The highest BCUT2D eigenvalue weighted by Gasteiger charge is 2.16. The maximum atomic E-state index is 13.4. The molecule has 2 N–H and O–H groups in total. The van der Waals surface area contributed by atoms with Gasteiger partial charge in [0, 0.05) is 17.9 Å². The van der Waals surface area contributed by atoms with E-state index >= 15 is 0 Å². The van der Waals surface area contributed by atoms with Crippen molar-refractivity contribution in [2.24, 2.45) is 4.99 Å². The van der Waals surface area contributed by atoms with Crippen molar-refractivity contribution in [3.63, 3.8) is 0 Å². The number of benzene rings is 2. The second-order valence-electron chi connectivity index (χ2n) is 6.26. The highest BCUT2D eigenvalue weighted by Crippen LogP contribution is 2.19. The molecule has 8 heteroatoms. The van der Waals surface area contributed by atoms with Crippen LogP contribution in [0.2, 0.25) is 5.02 Å². The van der Waals surface area contributed by atoms with Gasteiger partial charge in [-0.25, -0.2) is 9.38 Å². The third-order valence-corrected chi connectivity index (χ3v) is 4.51. The van der Waals surface area contributed by atoms with E-state index in [-0.39, 0.29) is 23.0 Å². The molecule has 0 bridgehead atoms. The van der Waals surface area contributed by atoms with Crippen molar-refractivity contribution < 1.29 is 18.7 Å². The Bertz CT molecular complexity index is 870. The maximum Gasteiger partial charge on any atom is 0.258 e. The second-order valence-corrected chi connectivity index (χ2v) is 6.67. The summed E-state index contributed by atoms with van der Waals surface area (Å²) in [6, 6.07) is 11.0. The number of halogens is 2. The number of ether oxygens (including phenoxy) is 2. The predicted octanol–water partition coefficient (Wildman–Crippen LogP) is 3.86. The topological polar surface area (TPSA) is 72.0 Å². The van der Waals surface area contributed by atoms with Crippen LogP contribution < -0.4 is 15.4 Å². The van der Waals surface area contributed by atoms with E-state index in [1.807, 2.05) is 0 Å². The Morgan fingerprint density at radius 1 is 1.36 bits per heavy atom. The van der Waals surface area contributed by atoms with Crippen LogP contribution in [0.15, 0.2) is 47.5 Å². The molecule has 2 aromatic rings. The van der Waals surface area contributed by atoms with Gasteiger partial charge in [0.05, 0.1) is 24.8 Å². The number of amides is 1. The van der Waals surface area contributed by atoms with Crippen molar-refractivity contribution in [1.82, 2.24) is 5.32 Å². The summed E-state index contributed by atoms with van der Waals surface area (Å²) in [5.74, 6) is -0.0778. The number of nitrogens with one attached hydrogen (secondary N) is 2. The standard InChI is InChI=1S/C20H21ClFN3O3/c1-27-15-5-2-4-13(10-15)19(26)25-20(23-12-16-6-3-9-28-16)24-14-7-8-18(22)17(21)11-14/h2,4-5,7-8,10-11,16H,3,6,9,12H2,1H3,(H2,23,24,25,26). The summed E-state index contributed by atoms with van der Waals surface area (Å²) in [4.78, 5) is 17.1. The molecule has 1 atom stereocenters. The van der Waals surface area contributed by atoms with Gasteiger partial charge < -0.3 is 14.8 Å². The molecule has 1 aliphatic rings. The normalized spacial score (nSPS) is 16.7. The fourth-order valence-corrected chi connectivity index (χ4v) is 2.93. The first-order valence-corrected chi connectivity index (χ1v) is 9.26. The van der Waals surface area contributed by atoms with Crippen LogP contribution in [0.5, 0.6) is 5.75 Å². The number of nitrogens with zero attached hydrogens (tertiary/aromatic N) is 1. The van der Waals surface area contributed by atoms with E-state index in [1.54, 1.807) is 24.3 Å².